The molecule has 1 saturated carbocycles. The van der Waals surface area contributed by atoms with E-state index in [1.807, 2.05) is 12.1 Å². The molecule has 2 heterocycles. The van der Waals surface area contributed by atoms with E-state index in [9.17, 15) is 4.79 Å². The van der Waals surface area contributed by atoms with Gasteiger partial charge in [-0.25, -0.2) is 4.98 Å². The molecule has 4 rings (SSSR count). The number of imidazole rings is 1. The number of fused-ring (bicyclic) bond motifs is 2. The van der Waals surface area contributed by atoms with Gasteiger partial charge in [-0.15, -0.1) is 0 Å². The molecule has 0 radical (unpaired) electrons. The summed E-state index contributed by atoms with van der Waals surface area (Å²) < 4.78 is 0. The van der Waals surface area contributed by atoms with Gasteiger partial charge in [-0.2, -0.15) is 0 Å². The first-order valence-corrected chi connectivity index (χ1v) is 6.77. The standard InChI is InChI=1S/C14H16N4O/c15-13(19)8-2-1-3-10-12(8)18-14(17-10)11-6-7-4-5-9(7)16-11/h1-3,7,9,11,16H,4-6H2,(H2,15,19)(H,17,18). The molecule has 2 fully saturated rings. The number of hydrogen-bond donors (Lipinski definition) is 3. The zero-order valence-electron chi connectivity index (χ0n) is 10.5. The fraction of sp³-hybridized carbons (Fsp3) is 0.429. The van der Waals surface area contributed by atoms with Crippen LogP contribution in [0.3, 0.4) is 0 Å². The summed E-state index contributed by atoms with van der Waals surface area (Å²) in [6.07, 6.45) is 3.73. The lowest BCUT2D eigenvalue weighted by molar-refractivity contribution is 0.100. The van der Waals surface area contributed by atoms with E-state index in [4.69, 9.17) is 5.73 Å². The molecule has 1 saturated heterocycles. The molecule has 3 atom stereocenters. The molecular formula is C14H16N4O. The van der Waals surface area contributed by atoms with E-state index < -0.39 is 5.91 Å². The van der Waals surface area contributed by atoms with Crippen LogP contribution in [0.2, 0.25) is 0 Å². The van der Waals surface area contributed by atoms with E-state index >= 15 is 0 Å². The fourth-order valence-electron chi connectivity index (χ4n) is 3.31. The molecular weight excluding hydrogens is 240 g/mol. The molecule has 3 unspecified atom stereocenters. The van der Waals surface area contributed by atoms with Crippen molar-refractivity contribution in [3.8, 4) is 0 Å². The number of nitrogens with two attached hydrogens (primary N) is 1. The molecule has 0 bridgehead atoms. The summed E-state index contributed by atoms with van der Waals surface area (Å²) in [5, 5.41) is 3.61. The zero-order chi connectivity index (χ0) is 13.0. The van der Waals surface area contributed by atoms with Crippen molar-refractivity contribution < 1.29 is 4.79 Å². The predicted molar refractivity (Wildman–Crippen MR) is 71.6 cm³/mol. The van der Waals surface area contributed by atoms with Crippen molar-refractivity contribution in [1.82, 2.24) is 15.3 Å². The number of benzene rings is 1. The van der Waals surface area contributed by atoms with Crippen LogP contribution in [0.4, 0.5) is 0 Å². The molecule has 19 heavy (non-hydrogen) atoms. The molecule has 2 aliphatic rings. The Bertz CT molecular complexity index is 651. The number of aromatic amines is 1. The van der Waals surface area contributed by atoms with Gasteiger partial charge in [0.15, 0.2) is 0 Å². The fourth-order valence-corrected chi connectivity index (χ4v) is 3.31. The van der Waals surface area contributed by atoms with Crippen LogP contribution in [0, 0.1) is 5.92 Å². The first-order chi connectivity index (χ1) is 9.22. The van der Waals surface area contributed by atoms with Gasteiger partial charge in [0.1, 0.15) is 11.3 Å². The average Bonchev–Trinajstić information content (AvgIpc) is 2.91. The first-order valence-electron chi connectivity index (χ1n) is 6.77. The Morgan fingerprint density at radius 3 is 2.89 bits per heavy atom. The summed E-state index contributed by atoms with van der Waals surface area (Å²) in [5.74, 6) is 1.30. The van der Waals surface area contributed by atoms with Crippen LogP contribution in [0.5, 0.6) is 0 Å². The summed E-state index contributed by atoms with van der Waals surface area (Å²) in [5.41, 5.74) is 7.44. The molecule has 1 aromatic heterocycles. The van der Waals surface area contributed by atoms with Gasteiger partial charge in [-0.05, 0) is 37.3 Å². The Kier molecular flexibility index (Phi) is 2.20. The Morgan fingerprint density at radius 2 is 2.26 bits per heavy atom. The molecule has 1 aliphatic heterocycles. The van der Waals surface area contributed by atoms with Gasteiger partial charge in [-0.1, -0.05) is 6.07 Å². The molecule has 4 N–H and O–H groups in total. The molecule has 0 spiro atoms. The van der Waals surface area contributed by atoms with Crippen molar-refractivity contribution in [3.63, 3.8) is 0 Å². The normalized spacial score (nSPS) is 29.2. The van der Waals surface area contributed by atoms with Crippen LogP contribution >= 0.6 is 0 Å². The summed E-state index contributed by atoms with van der Waals surface area (Å²) in [4.78, 5) is 19.3. The smallest absolute Gasteiger partial charge is 0.250 e. The number of H-pyrrole nitrogens is 1. The Balaban J connectivity index is 1.75. The maximum atomic E-state index is 11.4. The van der Waals surface area contributed by atoms with E-state index in [1.165, 1.54) is 12.8 Å². The number of carbonyl (C=O) groups excluding carboxylic acids is 1. The minimum atomic E-state index is -0.428. The summed E-state index contributed by atoms with van der Waals surface area (Å²) >= 11 is 0. The van der Waals surface area contributed by atoms with Gasteiger partial charge >= 0.3 is 0 Å². The van der Waals surface area contributed by atoms with Gasteiger partial charge in [0.25, 0.3) is 5.91 Å². The quantitative estimate of drug-likeness (QED) is 0.761. The van der Waals surface area contributed by atoms with Crippen LogP contribution in [0.1, 0.15) is 41.5 Å². The van der Waals surface area contributed by atoms with Crippen LogP contribution in [0.25, 0.3) is 11.0 Å². The van der Waals surface area contributed by atoms with Gasteiger partial charge < -0.3 is 16.0 Å². The topological polar surface area (TPSA) is 83.8 Å². The molecule has 2 aromatic rings. The van der Waals surface area contributed by atoms with E-state index in [0.717, 1.165) is 23.7 Å². The second-order valence-corrected chi connectivity index (χ2v) is 5.59. The number of rotatable bonds is 2. The van der Waals surface area contributed by atoms with E-state index in [0.29, 0.717) is 17.1 Å². The largest absolute Gasteiger partial charge is 0.366 e. The Labute approximate surface area is 110 Å². The third-order valence-electron chi connectivity index (χ3n) is 4.50. The summed E-state index contributed by atoms with van der Waals surface area (Å²) in [6, 6.07) is 6.43. The number of nitrogens with one attached hydrogen (secondary N) is 2. The number of aromatic nitrogens is 2. The number of para-hydroxylation sites is 1. The number of amides is 1. The lowest BCUT2D eigenvalue weighted by Crippen LogP contribution is -2.35. The third kappa shape index (κ3) is 1.58. The number of primary amides is 1. The second kappa shape index (κ2) is 3.81. The van der Waals surface area contributed by atoms with Crippen LogP contribution < -0.4 is 11.1 Å². The number of carbonyl (C=O) groups is 1. The predicted octanol–water partition coefficient (Wildman–Crippen LogP) is 1.47. The van der Waals surface area contributed by atoms with E-state index in [-0.39, 0.29) is 6.04 Å². The van der Waals surface area contributed by atoms with E-state index in [1.54, 1.807) is 6.07 Å². The van der Waals surface area contributed by atoms with Crippen LogP contribution in [-0.4, -0.2) is 21.9 Å². The average molecular weight is 256 g/mol. The van der Waals surface area contributed by atoms with Gasteiger partial charge in [0, 0.05) is 6.04 Å². The first kappa shape index (κ1) is 11.0. The van der Waals surface area contributed by atoms with Crippen LogP contribution in [-0.2, 0) is 0 Å². The number of nitrogens with zero attached hydrogens (tertiary/aromatic N) is 1. The van der Waals surface area contributed by atoms with Crippen molar-refractivity contribution in [2.24, 2.45) is 11.7 Å². The zero-order valence-corrected chi connectivity index (χ0v) is 10.5. The maximum absolute atomic E-state index is 11.4. The summed E-state index contributed by atoms with van der Waals surface area (Å²) in [7, 11) is 0. The molecule has 5 nitrogen and oxygen atoms in total. The lowest BCUT2D eigenvalue weighted by atomic mass is 9.80. The van der Waals surface area contributed by atoms with Crippen molar-refractivity contribution in [3.05, 3.63) is 29.6 Å². The number of hydrogen-bond acceptors (Lipinski definition) is 3. The van der Waals surface area contributed by atoms with E-state index in [2.05, 4.69) is 15.3 Å². The monoisotopic (exact) mass is 256 g/mol. The molecule has 1 amide bonds. The minimum Gasteiger partial charge on any atom is -0.366 e. The molecule has 1 aliphatic carbocycles. The van der Waals surface area contributed by atoms with Crippen LogP contribution in [0.15, 0.2) is 18.2 Å². The molecule has 98 valence electrons. The highest BCUT2D eigenvalue weighted by atomic mass is 16.1. The van der Waals surface area contributed by atoms with Gasteiger partial charge in [0.2, 0.25) is 0 Å². The highest BCUT2D eigenvalue weighted by Gasteiger charge is 2.41. The minimum absolute atomic E-state index is 0.283. The SMILES string of the molecule is NC(=O)c1cccc2[nH]c(C3CC4CCC4N3)nc12. The second-order valence-electron chi connectivity index (χ2n) is 5.59. The highest BCUT2D eigenvalue weighted by Crippen LogP contribution is 2.42. The Morgan fingerprint density at radius 1 is 1.37 bits per heavy atom. The van der Waals surface area contributed by atoms with Gasteiger partial charge in [-0.3, -0.25) is 4.79 Å². The lowest BCUT2D eigenvalue weighted by Gasteiger charge is -2.29. The van der Waals surface area contributed by atoms with Crippen molar-refractivity contribution >= 4 is 16.9 Å². The molecule has 5 heteroatoms. The van der Waals surface area contributed by atoms with Crippen molar-refractivity contribution in [2.45, 2.75) is 31.3 Å². The molecule has 1 aromatic carbocycles. The van der Waals surface area contributed by atoms with Crippen molar-refractivity contribution in [1.29, 1.82) is 0 Å². The summed E-state index contributed by atoms with van der Waals surface area (Å²) in [6.45, 7) is 0. The van der Waals surface area contributed by atoms with Gasteiger partial charge in [0.05, 0.1) is 17.1 Å². The highest BCUT2D eigenvalue weighted by molar-refractivity contribution is 6.04. The maximum Gasteiger partial charge on any atom is 0.250 e. The Hall–Kier alpha value is -1.88. The third-order valence-corrected chi connectivity index (χ3v) is 4.50. The van der Waals surface area contributed by atoms with Crippen molar-refractivity contribution in [2.75, 3.05) is 0 Å².